The Morgan fingerprint density at radius 2 is 1.71 bits per heavy atom. The van der Waals surface area contributed by atoms with Crippen LogP contribution < -0.4 is 14.4 Å². The van der Waals surface area contributed by atoms with E-state index in [9.17, 15) is 10.1 Å². The summed E-state index contributed by atoms with van der Waals surface area (Å²) in [4.78, 5) is 13.8. The number of ether oxygens (including phenoxy) is 1. The van der Waals surface area contributed by atoms with Gasteiger partial charge in [0.15, 0.2) is 7.36 Å². The standard InChI is InChI=1S/C31H35N6O3P/c1-31(2)25-15-9-10-16-27(25)34(3)30(31)29-22-32-36(23-13-7-5-8-14-23)41(29,35-19-11-6-12-20-35)33-26-21-24(37(38)39)17-18-28(26)40-4/h5,7-10,13-18,21-22H,6,11-12,19-20H2,1-4H3. The molecule has 1 unspecified atom stereocenters. The topological polar surface area (TPSA) is 86.8 Å². The molecule has 3 aliphatic heterocycles. The van der Waals surface area contributed by atoms with E-state index in [1.165, 1.54) is 17.7 Å². The molecule has 3 aliphatic rings. The van der Waals surface area contributed by atoms with E-state index in [0.29, 0.717) is 11.4 Å². The highest BCUT2D eigenvalue weighted by Crippen LogP contribution is 2.71. The number of anilines is 2. The lowest BCUT2D eigenvalue weighted by Gasteiger charge is -2.43. The maximum absolute atomic E-state index is 11.9. The van der Waals surface area contributed by atoms with Gasteiger partial charge in [0.1, 0.15) is 11.4 Å². The molecule has 3 heterocycles. The Kier molecular flexibility index (Phi) is 6.96. The van der Waals surface area contributed by atoms with Gasteiger partial charge in [0.25, 0.3) is 5.69 Å². The molecule has 1 atom stereocenters. The highest BCUT2D eigenvalue weighted by atomic mass is 31.2. The Bertz CT molecular complexity index is 1610. The quantitative estimate of drug-likeness (QED) is 0.176. The number of likely N-dealkylation sites (N-methyl/N-ethyl adjacent to an activating group) is 1. The maximum atomic E-state index is 11.9. The predicted molar refractivity (Wildman–Crippen MR) is 166 cm³/mol. The van der Waals surface area contributed by atoms with Crippen LogP contribution in [0.4, 0.5) is 22.7 Å². The molecule has 9 nitrogen and oxygen atoms in total. The van der Waals surface area contributed by atoms with Gasteiger partial charge in [-0.2, -0.15) is 5.10 Å². The van der Waals surface area contributed by atoms with Crippen molar-refractivity contribution in [3.05, 3.63) is 99.5 Å². The zero-order valence-electron chi connectivity index (χ0n) is 23.9. The van der Waals surface area contributed by atoms with E-state index in [2.05, 4.69) is 71.6 Å². The molecule has 0 saturated carbocycles. The van der Waals surface area contributed by atoms with Crippen LogP contribution in [0.3, 0.4) is 0 Å². The summed E-state index contributed by atoms with van der Waals surface area (Å²) >= 11 is 0. The van der Waals surface area contributed by atoms with E-state index in [4.69, 9.17) is 14.6 Å². The minimum atomic E-state index is -2.87. The molecule has 1 fully saturated rings. The van der Waals surface area contributed by atoms with Crippen molar-refractivity contribution < 1.29 is 9.66 Å². The van der Waals surface area contributed by atoms with Crippen molar-refractivity contribution in [3.63, 3.8) is 0 Å². The molecular weight excluding hydrogens is 535 g/mol. The van der Waals surface area contributed by atoms with Crippen molar-refractivity contribution in [2.24, 2.45) is 9.85 Å². The van der Waals surface area contributed by atoms with Crippen LogP contribution in [0.15, 0.2) is 93.7 Å². The van der Waals surface area contributed by atoms with Gasteiger partial charge < -0.3 is 9.64 Å². The fourth-order valence-electron chi connectivity index (χ4n) is 6.42. The molecule has 6 rings (SSSR count). The maximum Gasteiger partial charge on any atom is 0.271 e. The highest BCUT2D eigenvalue weighted by molar-refractivity contribution is 7.71. The van der Waals surface area contributed by atoms with Crippen molar-refractivity contribution in [1.82, 2.24) is 4.67 Å². The molecule has 0 bridgehead atoms. The number of hydrogen-bond donors (Lipinski definition) is 0. The van der Waals surface area contributed by atoms with Crippen LogP contribution in [-0.2, 0) is 5.41 Å². The zero-order chi connectivity index (χ0) is 28.8. The van der Waals surface area contributed by atoms with E-state index in [1.807, 2.05) is 24.4 Å². The van der Waals surface area contributed by atoms with Gasteiger partial charge in [-0.1, -0.05) is 56.7 Å². The number of benzene rings is 3. The molecule has 0 radical (unpaired) electrons. The second kappa shape index (κ2) is 10.5. The summed E-state index contributed by atoms with van der Waals surface area (Å²) in [5.74, 6) is 0.499. The third kappa shape index (κ3) is 4.35. The Morgan fingerprint density at radius 3 is 2.39 bits per heavy atom. The monoisotopic (exact) mass is 570 g/mol. The van der Waals surface area contributed by atoms with Crippen molar-refractivity contribution in [2.75, 3.05) is 36.9 Å². The van der Waals surface area contributed by atoms with Crippen molar-refractivity contribution >= 4 is 36.3 Å². The first kappa shape index (κ1) is 27.2. The van der Waals surface area contributed by atoms with Gasteiger partial charge in [0, 0.05) is 49.1 Å². The number of rotatable bonds is 5. The molecule has 0 amide bonds. The second-order valence-electron chi connectivity index (χ2n) is 11.1. The number of allylic oxidation sites excluding steroid dienone is 2. The molecule has 41 heavy (non-hydrogen) atoms. The van der Waals surface area contributed by atoms with E-state index >= 15 is 0 Å². The Balaban J connectivity index is 1.73. The smallest absolute Gasteiger partial charge is 0.271 e. The average molecular weight is 571 g/mol. The first-order valence-electron chi connectivity index (χ1n) is 14.0. The number of methoxy groups -OCH3 is 1. The molecule has 1 saturated heterocycles. The van der Waals surface area contributed by atoms with Gasteiger partial charge >= 0.3 is 0 Å². The van der Waals surface area contributed by atoms with Crippen LogP contribution in [0.2, 0.25) is 0 Å². The van der Waals surface area contributed by atoms with Crippen LogP contribution in [-0.4, -0.2) is 43.1 Å². The van der Waals surface area contributed by atoms with Crippen LogP contribution in [0.25, 0.3) is 0 Å². The fraction of sp³-hybridized carbons (Fsp3) is 0.323. The fourth-order valence-corrected chi connectivity index (χ4v) is 10.4. The van der Waals surface area contributed by atoms with Crippen molar-refractivity contribution in [1.29, 1.82) is 0 Å². The molecule has 10 heteroatoms. The SMILES string of the molecule is COc1ccc([N+](=O)[O-])cc1N=P1(N2CCCCC2)C(=C2N(C)c3ccccc3C2(C)C)C=NN1c1ccccc1. The van der Waals surface area contributed by atoms with Crippen molar-refractivity contribution in [3.8, 4) is 5.75 Å². The van der Waals surface area contributed by atoms with Gasteiger partial charge in [-0.15, -0.1) is 0 Å². The van der Waals surface area contributed by atoms with Gasteiger partial charge in [-0.05, 0) is 42.7 Å². The number of para-hydroxylation sites is 2. The minimum absolute atomic E-state index is 0.0207. The molecular formula is C31H35N6O3P. The Labute approximate surface area is 241 Å². The first-order valence-corrected chi connectivity index (χ1v) is 15.6. The number of nitro benzene ring substituents is 1. The van der Waals surface area contributed by atoms with Gasteiger partial charge in [-0.3, -0.25) is 10.1 Å². The second-order valence-corrected chi connectivity index (χ2v) is 13.9. The van der Waals surface area contributed by atoms with Crippen molar-refractivity contribution in [2.45, 2.75) is 38.5 Å². The van der Waals surface area contributed by atoms with Gasteiger partial charge in [-0.25, -0.2) is 14.2 Å². The van der Waals surface area contributed by atoms with Crippen LogP contribution in [0.1, 0.15) is 38.7 Å². The van der Waals surface area contributed by atoms with Crippen LogP contribution in [0, 0.1) is 10.1 Å². The van der Waals surface area contributed by atoms with Gasteiger partial charge in [0.2, 0.25) is 0 Å². The van der Waals surface area contributed by atoms with Gasteiger partial charge in [0.05, 0.1) is 29.2 Å². The van der Waals surface area contributed by atoms with Crippen LogP contribution in [0.5, 0.6) is 5.75 Å². The summed E-state index contributed by atoms with van der Waals surface area (Å²) < 4.78 is 15.9. The minimum Gasteiger partial charge on any atom is -0.494 e. The molecule has 0 spiro atoms. The lowest BCUT2D eigenvalue weighted by Crippen LogP contribution is -2.34. The number of piperidine rings is 1. The van der Waals surface area contributed by atoms with E-state index in [0.717, 1.165) is 54.7 Å². The molecule has 0 aliphatic carbocycles. The summed E-state index contributed by atoms with van der Waals surface area (Å²) in [5.41, 5.74) is 4.62. The number of nitro groups is 1. The Morgan fingerprint density at radius 1 is 1.00 bits per heavy atom. The number of hydrogen-bond acceptors (Lipinski definition) is 6. The molecule has 3 aromatic carbocycles. The summed E-state index contributed by atoms with van der Waals surface area (Å²) in [7, 11) is 0.832. The molecule has 212 valence electrons. The number of nitrogens with zero attached hydrogens (tertiary/aromatic N) is 6. The third-order valence-corrected chi connectivity index (χ3v) is 11.8. The lowest BCUT2D eigenvalue weighted by molar-refractivity contribution is -0.384. The number of hydrazone groups is 1. The van der Waals surface area contributed by atoms with E-state index < -0.39 is 7.36 Å². The number of non-ortho nitro benzene ring substituents is 1. The first-order chi connectivity index (χ1) is 19.8. The largest absolute Gasteiger partial charge is 0.494 e. The summed E-state index contributed by atoms with van der Waals surface area (Å²) in [5, 5.41) is 18.0. The molecule has 0 aromatic heterocycles. The average Bonchev–Trinajstić information content (AvgIpc) is 3.45. The van der Waals surface area contributed by atoms with Crippen LogP contribution >= 0.6 is 7.36 Å². The summed E-state index contributed by atoms with van der Waals surface area (Å²) in [6.45, 7) is 6.23. The summed E-state index contributed by atoms with van der Waals surface area (Å²) in [6, 6.07) is 23.3. The normalized spacial score (nSPS) is 23.5. The highest BCUT2D eigenvalue weighted by Gasteiger charge is 2.50. The van der Waals surface area contributed by atoms with E-state index in [1.54, 1.807) is 13.2 Å². The third-order valence-electron chi connectivity index (χ3n) is 8.32. The number of fused-ring (bicyclic) bond motifs is 1. The predicted octanol–water partition coefficient (Wildman–Crippen LogP) is 7.90. The molecule has 3 aromatic rings. The molecule has 0 N–H and O–H groups in total. The zero-order valence-corrected chi connectivity index (χ0v) is 24.8. The summed E-state index contributed by atoms with van der Waals surface area (Å²) in [6.07, 6.45) is 5.25. The van der Waals surface area contributed by atoms with E-state index in [-0.39, 0.29) is 16.0 Å². The Hall–Kier alpha value is -3.94. The lowest BCUT2D eigenvalue weighted by atomic mass is 9.84.